The molecule has 4 heteroatoms. The van der Waals surface area contributed by atoms with Gasteiger partial charge in [0.1, 0.15) is 17.1 Å². The Kier molecular flexibility index (Phi) is 4.00. The summed E-state index contributed by atoms with van der Waals surface area (Å²) >= 11 is 0. The van der Waals surface area contributed by atoms with Crippen molar-refractivity contribution in [1.82, 2.24) is 4.90 Å². The van der Waals surface area contributed by atoms with E-state index >= 15 is 0 Å². The van der Waals surface area contributed by atoms with Crippen LogP contribution in [0.3, 0.4) is 0 Å². The predicted molar refractivity (Wildman–Crippen MR) is 84.4 cm³/mol. The molecular formula is C18H19NO3. The highest BCUT2D eigenvalue weighted by Crippen LogP contribution is 2.27. The zero-order chi connectivity index (χ0) is 15.5. The zero-order valence-electron chi connectivity index (χ0n) is 12.8. The first kappa shape index (κ1) is 14.4. The van der Waals surface area contributed by atoms with Gasteiger partial charge in [-0.05, 0) is 31.2 Å². The number of hydrogen-bond donors (Lipinski definition) is 0. The number of nitrogens with zero attached hydrogens (tertiary/aromatic N) is 1. The van der Waals surface area contributed by atoms with Gasteiger partial charge in [-0.15, -0.1) is 0 Å². The maximum absolute atomic E-state index is 12.3. The lowest BCUT2D eigenvalue weighted by Crippen LogP contribution is -2.29. The van der Waals surface area contributed by atoms with Crippen LogP contribution in [-0.4, -0.2) is 17.9 Å². The minimum absolute atomic E-state index is 0.0735. The van der Waals surface area contributed by atoms with E-state index in [0.29, 0.717) is 12.8 Å². The Balaban J connectivity index is 1.67. The van der Waals surface area contributed by atoms with E-state index < -0.39 is 0 Å². The first-order chi connectivity index (χ1) is 10.6. The lowest BCUT2D eigenvalue weighted by Gasteiger charge is -2.23. The molecule has 0 saturated carbocycles. The summed E-state index contributed by atoms with van der Waals surface area (Å²) < 4.78 is 11.1. The number of aryl methyl sites for hydroxylation is 1. The van der Waals surface area contributed by atoms with Gasteiger partial charge in [0.25, 0.3) is 0 Å². The van der Waals surface area contributed by atoms with Gasteiger partial charge in [0, 0.05) is 25.3 Å². The van der Waals surface area contributed by atoms with Gasteiger partial charge in [-0.25, -0.2) is 0 Å². The van der Waals surface area contributed by atoms with Crippen LogP contribution in [0.5, 0.6) is 0 Å². The van der Waals surface area contributed by atoms with E-state index in [1.807, 2.05) is 56.4 Å². The molecule has 0 radical (unpaired) electrons. The molecule has 1 aromatic carbocycles. The quantitative estimate of drug-likeness (QED) is 0.709. The van der Waals surface area contributed by atoms with Crippen molar-refractivity contribution >= 4 is 16.9 Å². The molecule has 4 nitrogen and oxygen atoms in total. The molecule has 22 heavy (non-hydrogen) atoms. The maximum atomic E-state index is 12.3. The highest BCUT2D eigenvalue weighted by atomic mass is 16.3. The van der Waals surface area contributed by atoms with Crippen LogP contribution >= 0.6 is 0 Å². The van der Waals surface area contributed by atoms with Crippen molar-refractivity contribution in [3.8, 4) is 0 Å². The van der Waals surface area contributed by atoms with Crippen LogP contribution in [-0.2, 0) is 11.2 Å². The molecule has 0 aliphatic heterocycles. The van der Waals surface area contributed by atoms with Gasteiger partial charge in [-0.1, -0.05) is 18.2 Å². The Hall–Kier alpha value is -2.49. The summed E-state index contributed by atoms with van der Waals surface area (Å²) in [4.78, 5) is 14.0. The summed E-state index contributed by atoms with van der Waals surface area (Å²) in [5, 5.41) is 1.06. The third-order valence-corrected chi connectivity index (χ3v) is 4.00. The minimum atomic E-state index is -0.100. The second-order valence-corrected chi connectivity index (χ2v) is 5.45. The minimum Gasteiger partial charge on any atom is -0.469 e. The molecule has 1 unspecified atom stereocenters. The monoisotopic (exact) mass is 297 g/mol. The normalized spacial score (nSPS) is 12.5. The Bertz CT molecular complexity index is 725. The molecule has 0 fully saturated rings. The van der Waals surface area contributed by atoms with Crippen molar-refractivity contribution in [2.45, 2.75) is 25.8 Å². The summed E-state index contributed by atoms with van der Waals surface area (Å²) in [5.74, 6) is 1.71. The van der Waals surface area contributed by atoms with Crippen molar-refractivity contribution in [3.63, 3.8) is 0 Å². The number of carbonyl (C=O) groups is 1. The maximum Gasteiger partial charge on any atom is 0.223 e. The third kappa shape index (κ3) is 2.91. The van der Waals surface area contributed by atoms with Crippen LogP contribution < -0.4 is 0 Å². The molecule has 0 spiro atoms. The fourth-order valence-corrected chi connectivity index (χ4v) is 2.48. The molecule has 0 saturated heterocycles. The number of carbonyl (C=O) groups excluding carboxylic acids is 1. The van der Waals surface area contributed by atoms with Gasteiger partial charge in [-0.3, -0.25) is 4.79 Å². The first-order valence-electron chi connectivity index (χ1n) is 7.41. The predicted octanol–water partition coefficient (Wildman–Crippen LogP) is 4.18. The van der Waals surface area contributed by atoms with Gasteiger partial charge in [0.2, 0.25) is 5.91 Å². The van der Waals surface area contributed by atoms with Gasteiger partial charge in [0.15, 0.2) is 0 Å². The highest BCUT2D eigenvalue weighted by molar-refractivity contribution is 5.79. The van der Waals surface area contributed by atoms with Gasteiger partial charge < -0.3 is 13.7 Å². The molecule has 0 aliphatic rings. The SMILES string of the molecule is CC(c1cc2ccccc2o1)N(C)C(=O)CCc1ccco1. The van der Waals surface area contributed by atoms with Gasteiger partial charge in [-0.2, -0.15) is 0 Å². The Morgan fingerprint density at radius 1 is 1.23 bits per heavy atom. The molecular weight excluding hydrogens is 278 g/mol. The number of rotatable bonds is 5. The summed E-state index contributed by atoms with van der Waals surface area (Å²) in [6.45, 7) is 1.97. The smallest absolute Gasteiger partial charge is 0.223 e. The van der Waals surface area contributed by atoms with E-state index in [1.54, 1.807) is 11.2 Å². The van der Waals surface area contributed by atoms with Crippen molar-refractivity contribution in [2.24, 2.45) is 0 Å². The lowest BCUT2D eigenvalue weighted by atomic mass is 10.1. The Morgan fingerprint density at radius 2 is 2.05 bits per heavy atom. The number of benzene rings is 1. The molecule has 3 aromatic rings. The zero-order valence-corrected chi connectivity index (χ0v) is 12.8. The summed E-state index contributed by atoms with van der Waals surface area (Å²) in [7, 11) is 1.81. The molecule has 3 rings (SSSR count). The topological polar surface area (TPSA) is 46.6 Å². The van der Waals surface area contributed by atoms with Crippen molar-refractivity contribution in [3.05, 3.63) is 60.2 Å². The fourth-order valence-electron chi connectivity index (χ4n) is 2.48. The van der Waals surface area contributed by atoms with E-state index in [9.17, 15) is 4.79 Å². The number of furan rings is 2. The highest BCUT2D eigenvalue weighted by Gasteiger charge is 2.20. The number of fused-ring (bicyclic) bond motifs is 1. The fraction of sp³-hybridized carbons (Fsp3) is 0.278. The van der Waals surface area contributed by atoms with Crippen LogP contribution in [0, 0.1) is 0 Å². The van der Waals surface area contributed by atoms with Gasteiger partial charge in [0.05, 0.1) is 12.3 Å². The van der Waals surface area contributed by atoms with Crippen molar-refractivity contribution < 1.29 is 13.6 Å². The molecule has 0 bridgehead atoms. The van der Waals surface area contributed by atoms with E-state index in [2.05, 4.69) is 0 Å². The van der Waals surface area contributed by atoms with Gasteiger partial charge >= 0.3 is 0 Å². The van der Waals surface area contributed by atoms with Crippen LogP contribution in [0.15, 0.2) is 57.6 Å². The van der Waals surface area contributed by atoms with Crippen LogP contribution in [0.2, 0.25) is 0 Å². The van der Waals surface area contributed by atoms with Crippen LogP contribution in [0.1, 0.15) is 30.9 Å². The summed E-state index contributed by atoms with van der Waals surface area (Å²) in [6.07, 6.45) is 2.66. The molecule has 114 valence electrons. The van der Waals surface area contributed by atoms with Crippen LogP contribution in [0.25, 0.3) is 11.0 Å². The molecule has 2 heterocycles. The molecule has 1 amide bonds. The Labute approximate surface area is 129 Å². The van der Waals surface area contributed by atoms with E-state index in [-0.39, 0.29) is 11.9 Å². The largest absolute Gasteiger partial charge is 0.469 e. The molecule has 0 N–H and O–H groups in total. The average molecular weight is 297 g/mol. The number of hydrogen-bond acceptors (Lipinski definition) is 3. The van der Waals surface area contributed by atoms with E-state index in [0.717, 1.165) is 22.5 Å². The number of para-hydroxylation sites is 1. The Morgan fingerprint density at radius 3 is 2.77 bits per heavy atom. The summed E-state index contributed by atoms with van der Waals surface area (Å²) in [5.41, 5.74) is 0.848. The second-order valence-electron chi connectivity index (χ2n) is 5.45. The van der Waals surface area contributed by atoms with E-state index in [4.69, 9.17) is 8.83 Å². The standard InChI is InChI=1S/C18H19NO3/c1-13(17-12-14-6-3-4-8-16(14)22-17)19(2)18(20)10-9-15-7-5-11-21-15/h3-8,11-13H,9-10H2,1-2H3. The lowest BCUT2D eigenvalue weighted by molar-refractivity contribution is -0.132. The molecule has 1 atom stereocenters. The third-order valence-electron chi connectivity index (χ3n) is 4.00. The summed E-state index contributed by atoms with van der Waals surface area (Å²) in [6, 6.07) is 13.5. The van der Waals surface area contributed by atoms with Crippen molar-refractivity contribution in [2.75, 3.05) is 7.05 Å². The molecule has 2 aromatic heterocycles. The van der Waals surface area contributed by atoms with Crippen molar-refractivity contribution in [1.29, 1.82) is 0 Å². The average Bonchev–Trinajstić information content (AvgIpc) is 3.19. The second kappa shape index (κ2) is 6.10. The first-order valence-corrected chi connectivity index (χ1v) is 7.41. The van der Waals surface area contributed by atoms with E-state index in [1.165, 1.54) is 0 Å². The number of amides is 1. The van der Waals surface area contributed by atoms with Crippen LogP contribution in [0.4, 0.5) is 0 Å². The molecule has 0 aliphatic carbocycles.